The number of halogens is 1. The first-order valence-corrected chi connectivity index (χ1v) is 10.8. The minimum absolute atomic E-state index is 0.106. The SMILES string of the molecule is CNS(=O)/C(=C\C=O)c1c(OC(=O)N(C)C)ccc(C2=CC(C3(C)CC3)NC2)c1F. The maximum Gasteiger partial charge on any atom is 0.414 e. The minimum atomic E-state index is -1.88. The Labute approximate surface area is 177 Å². The van der Waals surface area contributed by atoms with Crippen molar-refractivity contribution < 1.29 is 22.9 Å². The van der Waals surface area contributed by atoms with E-state index in [2.05, 4.69) is 17.0 Å². The summed E-state index contributed by atoms with van der Waals surface area (Å²) in [5.74, 6) is -0.797. The molecule has 0 radical (unpaired) electrons. The number of hydrogen-bond donors (Lipinski definition) is 2. The second-order valence-electron chi connectivity index (χ2n) is 7.91. The van der Waals surface area contributed by atoms with Crippen LogP contribution in [0.1, 0.15) is 30.9 Å². The zero-order valence-electron chi connectivity index (χ0n) is 17.5. The normalized spacial score (nSPS) is 21.0. The first-order chi connectivity index (χ1) is 14.2. The number of ether oxygens (including phenoxy) is 1. The maximum absolute atomic E-state index is 15.8. The molecule has 2 N–H and O–H groups in total. The van der Waals surface area contributed by atoms with Gasteiger partial charge in [-0.25, -0.2) is 18.1 Å². The van der Waals surface area contributed by atoms with Crippen LogP contribution in [0.5, 0.6) is 5.75 Å². The third-order valence-corrected chi connectivity index (χ3v) is 6.64. The fourth-order valence-electron chi connectivity index (χ4n) is 3.40. The van der Waals surface area contributed by atoms with Gasteiger partial charge in [-0.1, -0.05) is 13.0 Å². The first kappa shape index (κ1) is 22.3. The average Bonchev–Trinajstić information content (AvgIpc) is 3.26. The Bertz CT molecular complexity index is 954. The van der Waals surface area contributed by atoms with E-state index in [0.29, 0.717) is 18.4 Å². The summed E-state index contributed by atoms with van der Waals surface area (Å²) in [7, 11) is 2.53. The molecule has 162 valence electrons. The van der Waals surface area contributed by atoms with Crippen LogP contribution < -0.4 is 14.8 Å². The van der Waals surface area contributed by atoms with Gasteiger partial charge in [-0.2, -0.15) is 0 Å². The Morgan fingerprint density at radius 3 is 2.67 bits per heavy atom. The van der Waals surface area contributed by atoms with Crippen molar-refractivity contribution in [1.82, 2.24) is 14.9 Å². The molecule has 1 amide bonds. The molecule has 0 bridgehead atoms. The van der Waals surface area contributed by atoms with Crippen LogP contribution in [0.2, 0.25) is 0 Å². The molecule has 2 atom stereocenters. The smallest absolute Gasteiger partial charge is 0.409 e. The van der Waals surface area contributed by atoms with E-state index in [1.807, 2.05) is 6.08 Å². The molecule has 30 heavy (non-hydrogen) atoms. The van der Waals surface area contributed by atoms with Crippen LogP contribution in [-0.4, -0.2) is 55.2 Å². The van der Waals surface area contributed by atoms with Crippen molar-refractivity contribution in [1.29, 1.82) is 0 Å². The third kappa shape index (κ3) is 4.38. The van der Waals surface area contributed by atoms with Crippen LogP contribution >= 0.6 is 0 Å². The lowest BCUT2D eigenvalue weighted by atomic mass is 9.97. The molecule has 2 unspecified atom stereocenters. The van der Waals surface area contributed by atoms with Crippen molar-refractivity contribution in [3.05, 3.63) is 41.2 Å². The molecule has 1 heterocycles. The number of allylic oxidation sites excluding steroid dienone is 1. The summed E-state index contributed by atoms with van der Waals surface area (Å²) < 4.78 is 36.0. The lowest BCUT2D eigenvalue weighted by Crippen LogP contribution is -2.30. The molecule has 1 saturated carbocycles. The van der Waals surface area contributed by atoms with Crippen LogP contribution in [0, 0.1) is 11.2 Å². The van der Waals surface area contributed by atoms with Gasteiger partial charge in [0.05, 0.1) is 10.5 Å². The predicted octanol–water partition coefficient (Wildman–Crippen LogP) is 2.46. The molecule has 2 aliphatic rings. The molecule has 1 fully saturated rings. The van der Waals surface area contributed by atoms with Gasteiger partial charge >= 0.3 is 6.09 Å². The number of hydrogen-bond acceptors (Lipinski definition) is 5. The molecule has 7 nitrogen and oxygen atoms in total. The molecule has 0 spiro atoms. The number of carbonyl (C=O) groups is 2. The van der Waals surface area contributed by atoms with E-state index < -0.39 is 22.9 Å². The summed E-state index contributed by atoms with van der Waals surface area (Å²) >= 11 is 0. The van der Waals surface area contributed by atoms with Crippen LogP contribution in [-0.2, 0) is 15.8 Å². The van der Waals surface area contributed by atoms with E-state index >= 15 is 4.39 Å². The van der Waals surface area contributed by atoms with Crippen LogP contribution in [0.4, 0.5) is 9.18 Å². The average molecular weight is 436 g/mol. The lowest BCUT2D eigenvalue weighted by Gasteiger charge is -2.17. The van der Waals surface area contributed by atoms with Crippen molar-refractivity contribution in [2.45, 2.75) is 25.8 Å². The van der Waals surface area contributed by atoms with Gasteiger partial charge in [-0.15, -0.1) is 0 Å². The number of aldehydes is 1. The van der Waals surface area contributed by atoms with Crippen molar-refractivity contribution in [2.75, 3.05) is 27.7 Å². The quantitative estimate of drug-likeness (QED) is 0.508. The van der Waals surface area contributed by atoms with Gasteiger partial charge in [0.1, 0.15) is 28.8 Å². The number of amides is 1. The predicted molar refractivity (Wildman–Crippen MR) is 114 cm³/mol. The first-order valence-electron chi connectivity index (χ1n) is 9.63. The molecule has 1 aromatic carbocycles. The highest BCUT2D eigenvalue weighted by molar-refractivity contribution is 7.92. The Hall–Kier alpha value is -2.36. The molecule has 0 saturated heterocycles. The zero-order chi connectivity index (χ0) is 22.1. The largest absolute Gasteiger partial charge is 0.414 e. The van der Waals surface area contributed by atoms with Gasteiger partial charge in [0.2, 0.25) is 0 Å². The van der Waals surface area contributed by atoms with Crippen LogP contribution in [0.3, 0.4) is 0 Å². The van der Waals surface area contributed by atoms with E-state index in [0.717, 1.165) is 24.5 Å². The van der Waals surface area contributed by atoms with Gasteiger partial charge < -0.3 is 15.0 Å². The number of benzene rings is 1. The lowest BCUT2D eigenvalue weighted by molar-refractivity contribution is -0.104. The van der Waals surface area contributed by atoms with Gasteiger partial charge in [-0.3, -0.25) is 4.79 Å². The highest BCUT2D eigenvalue weighted by Gasteiger charge is 2.45. The van der Waals surface area contributed by atoms with Crippen molar-refractivity contribution in [3.8, 4) is 5.75 Å². The minimum Gasteiger partial charge on any atom is -0.409 e. The topological polar surface area (TPSA) is 87.7 Å². The molecule has 9 heteroatoms. The Kier molecular flexibility index (Phi) is 6.54. The van der Waals surface area contributed by atoms with Gasteiger partial charge in [-0.05, 0) is 49.1 Å². The summed E-state index contributed by atoms with van der Waals surface area (Å²) in [6.45, 7) is 2.69. The monoisotopic (exact) mass is 435 g/mol. The Balaban J connectivity index is 2.11. The van der Waals surface area contributed by atoms with Crippen molar-refractivity contribution in [3.63, 3.8) is 0 Å². The Morgan fingerprint density at radius 1 is 1.40 bits per heavy atom. The molecule has 3 rings (SSSR count). The summed E-state index contributed by atoms with van der Waals surface area (Å²) in [6, 6.07) is 3.18. The van der Waals surface area contributed by atoms with Gasteiger partial charge in [0, 0.05) is 32.2 Å². The fourth-order valence-corrected chi connectivity index (χ4v) is 4.17. The summed E-state index contributed by atoms with van der Waals surface area (Å²) in [4.78, 5) is 24.3. The summed E-state index contributed by atoms with van der Waals surface area (Å²) in [5, 5.41) is 3.41. The molecular weight excluding hydrogens is 409 g/mol. The fraction of sp³-hybridized carbons (Fsp3) is 0.429. The zero-order valence-corrected chi connectivity index (χ0v) is 18.3. The second kappa shape index (κ2) is 8.79. The number of nitrogens with one attached hydrogen (secondary N) is 2. The van der Waals surface area contributed by atoms with Crippen molar-refractivity contribution in [2.24, 2.45) is 5.41 Å². The van der Waals surface area contributed by atoms with Gasteiger partial charge in [0.25, 0.3) is 0 Å². The van der Waals surface area contributed by atoms with E-state index in [9.17, 15) is 13.8 Å². The molecular formula is C21H26FN3O4S. The van der Waals surface area contributed by atoms with Crippen LogP contribution in [0.15, 0.2) is 24.3 Å². The molecule has 0 aromatic heterocycles. The molecule has 1 aliphatic carbocycles. The standard InChI is InChI=1S/C21H26FN3O4S/c1-21(8-9-21)17-11-13(12-24-17)14-5-6-15(29-20(27)25(3)4)18(19(14)22)16(7-10-26)30(28)23-2/h5-7,10-11,17,23-24H,8-9,12H2,1-4H3/b16-7-. The van der Waals surface area contributed by atoms with E-state index in [1.165, 1.54) is 32.1 Å². The van der Waals surface area contributed by atoms with E-state index in [1.54, 1.807) is 6.07 Å². The Morgan fingerprint density at radius 2 is 2.10 bits per heavy atom. The van der Waals surface area contributed by atoms with E-state index in [-0.39, 0.29) is 27.7 Å². The summed E-state index contributed by atoms with van der Waals surface area (Å²) in [5.41, 5.74) is 1.11. The van der Waals surface area contributed by atoms with Crippen LogP contribution in [0.25, 0.3) is 10.5 Å². The van der Waals surface area contributed by atoms with Crippen molar-refractivity contribution >= 4 is 33.8 Å². The molecule has 1 aromatic rings. The highest BCUT2D eigenvalue weighted by Crippen LogP contribution is 2.50. The third-order valence-electron chi connectivity index (χ3n) is 5.53. The van der Waals surface area contributed by atoms with E-state index in [4.69, 9.17) is 4.74 Å². The number of rotatable bonds is 7. The second-order valence-corrected chi connectivity index (χ2v) is 9.29. The van der Waals surface area contributed by atoms with Gasteiger partial charge in [0.15, 0.2) is 0 Å². The maximum atomic E-state index is 15.8. The highest BCUT2D eigenvalue weighted by atomic mass is 32.2. The number of nitrogens with zero attached hydrogens (tertiary/aromatic N) is 1. The summed E-state index contributed by atoms with van der Waals surface area (Å²) in [6.07, 6.45) is 4.99. The molecule has 1 aliphatic heterocycles. The number of carbonyl (C=O) groups excluding carboxylic acids is 2.